The Morgan fingerprint density at radius 1 is 0.336 bits per heavy atom. The number of nitrogens with zero attached hydrogens (tertiary/aromatic N) is 4. The highest BCUT2D eigenvalue weighted by Gasteiger charge is 2.31. The zero-order valence-electron chi connectivity index (χ0n) is 68.7. The van der Waals surface area contributed by atoms with Crippen molar-refractivity contribution in [2.24, 2.45) is 0 Å². The maximum atomic E-state index is 12.8. The van der Waals surface area contributed by atoms with Crippen LogP contribution in [-0.4, -0.2) is 75.3 Å². The minimum atomic E-state index is -4.79. The smallest absolute Gasteiger partial charge is 0.495 e. The normalized spacial score (nSPS) is 10.8. The van der Waals surface area contributed by atoms with Crippen molar-refractivity contribution in [1.82, 2.24) is 38.2 Å². The van der Waals surface area contributed by atoms with Gasteiger partial charge in [0.1, 0.15) is 11.5 Å². The van der Waals surface area contributed by atoms with Gasteiger partial charge < -0.3 is 30.7 Å². The van der Waals surface area contributed by atoms with Gasteiger partial charge in [0.25, 0.3) is 28.1 Å². The number of hydrogen-bond donors (Lipinski definition) is 8. The Kier molecular flexibility index (Phi) is 30.2. The molecular weight excluding hydrogens is 1770 g/mol. The quantitative estimate of drug-likeness (QED) is 0.0313. The summed E-state index contributed by atoms with van der Waals surface area (Å²) in [6.45, 7) is 0.302. The molecule has 658 valence electrons. The van der Waals surface area contributed by atoms with E-state index in [1.807, 2.05) is 109 Å². The Morgan fingerprint density at radius 2 is 0.718 bits per heavy atom. The number of nitrogens with one attached hydrogen (secondary N) is 8. The molecule has 0 fully saturated rings. The number of aromatic amines is 4. The van der Waals surface area contributed by atoms with Gasteiger partial charge >= 0.3 is 29.1 Å². The van der Waals surface area contributed by atoms with Crippen LogP contribution in [0.25, 0.3) is 61.6 Å². The van der Waals surface area contributed by atoms with Crippen molar-refractivity contribution >= 4 is 92.8 Å². The second-order valence-corrected chi connectivity index (χ2v) is 30.6. The second kappa shape index (κ2) is 42.9. The van der Waals surface area contributed by atoms with Crippen LogP contribution in [0.3, 0.4) is 0 Å². The van der Waals surface area contributed by atoms with E-state index < -0.39 is 51.4 Å². The topological polar surface area (TPSA) is 354 Å². The molecule has 16 aromatic rings. The highest BCUT2D eigenvalue weighted by Crippen LogP contribution is 2.34. The molecule has 0 bridgehead atoms. The molecule has 131 heavy (non-hydrogen) atoms. The molecule has 0 aliphatic rings. The van der Waals surface area contributed by atoms with E-state index in [0.29, 0.717) is 94.5 Å². The molecule has 0 saturated heterocycles. The number of H-pyrrole nitrogens is 4. The van der Waals surface area contributed by atoms with Gasteiger partial charge in [0.05, 0.1) is 65.0 Å². The van der Waals surface area contributed by atoms with Crippen LogP contribution in [0.2, 0.25) is 20.1 Å². The van der Waals surface area contributed by atoms with Crippen LogP contribution in [0.15, 0.2) is 366 Å². The number of rotatable bonds is 22. The van der Waals surface area contributed by atoms with Crippen molar-refractivity contribution in [2.45, 2.75) is 32.2 Å². The largest absolute Gasteiger partial charge is 0.573 e. The third-order valence-corrected chi connectivity index (χ3v) is 20.7. The fourth-order valence-electron chi connectivity index (χ4n) is 13.4. The van der Waals surface area contributed by atoms with Crippen LogP contribution in [0.5, 0.6) is 11.5 Å². The van der Waals surface area contributed by atoms with Crippen molar-refractivity contribution in [1.29, 1.82) is 0 Å². The predicted molar refractivity (Wildman–Crippen MR) is 501 cm³/mol. The van der Waals surface area contributed by atoms with E-state index in [1.54, 1.807) is 159 Å². The number of halogens is 7. The molecule has 0 unspecified atom stereocenters. The summed E-state index contributed by atoms with van der Waals surface area (Å²) >= 11 is 24.4. The number of ether oxygens (including phenoxy) is 2. The van der Waals surface area contributed by atoms with Crippen molar-refractivity contribution < 1.29 is 41.8 Å². The molecule has 33 heteroatoms. The van der Waals surface area contributed by atoms with E-state index in [4.69, 9.17) is 51.1 Å². The molecule has 0 aliphatic heterocycles. The first-order valence-electron chi connectivity index (χ1n) is 39.6. The number of alkyl halides is 3. The Morgan fingerprint density at radius 3 is 1.14 bits per heavy atom. The van der Waals surface area contributed by atoms with E-state index in [1.165, 1.54) is 85.5 Å². The van der Waals surface area contributed by atoms with Crippen LogP contribution in [0.1, 0.15) is 32.6 Å². The zero-order chi connectivity index (χ0) is 92.8. The van der Waals surface area contributed by atoms with Crippen molar-refractivity contribution in [3.8, 4) is 73.1 Å². The standard InChI is InChI=1S/C25H20ClN3O4.C25H18F3N3O4.C24H17Cl2N3O3.C24H18ClN3O3/c1-33-22-10-7-18(14-21(22)26)17-3-2-4-19(13-17)24(31)27-20-8-5-16(6-9-20)15-29-12-11-23(30)28-25(29)32;26-25(27,28)35-21-9-2-6-18(14-21)17-5-1-4-16(12-17)13-23(33)29-19-7-3-8-20(15-19)31-11-10-22(32)30-24(31)34;25-20-8-7-17(13-21(20)26)16-4-1-3-15(11-16)12-23(31)27-18-5-2-6-19(14-18)29-10-9-22(30)28-24(29)32;25-19-7-2-6-18(14-19)17-5-1-4-16(12-17)13-23(30)26-20-8-3-9-21(15-20)28-11-10-22(29)27-24(28)31/h2-14H,15H2,1H3,(H,27,31)(H,28,30,32);1-12,14-15H,13H2,(H,29,33)(H,30,32,34);1-11,13-14H,12H2,(H,27,31)(H,28,30,32);1-12,14-15H,13H2,(H,26,30)(H,27,29,31). The Bertz CT molecular complexity index is 7480. The molecule has 4 aromatic heterocycles. The van der Waals surface area contributed by atoms with E-state index in [-0.39, 0.29) is 48.6 Å². The van der Waals surface area contributed by atoms with Crippen molar-refractivity contribution in [3.63, 3.8) is 0 Å². The lowest BCUT2D eigenvalue weighted by atomic mass is 10.0. The molecule has 26 nitrogen and oxygen atoms in total. The predicted octanol–water partition coefficient (Wildman–Crippen LogP) is 17.1. The Labute approximate surface area is 761 Å². The molecule has 0 spiro atoms. The van der Waals surface area contributed by atoms with Crippen LogP contribution in [0, 0.1) is 0 Å². The minimum absolute atomic E-state index is 0.00934. The fourth-order valence-corrected chi connectivity index (χ4v) is 14.1. The van der Waals surface area contributed by atoms with Gasteiger partial charge in [-0.15, -0.1) is 13.2 Å². The first kappa shape index (κ1) is 92.5. The highest BCUT2D eigenvalue weighted by atomic mass is 35.5. The number of hydrogen-bond acceptors (Lipinski definition) is 14. The number of aromatic nitrogens is 8. The molecule has 0 atom stereocenters. The molecule has 0 radical (unpaired) electrons. The summed E-state index contributed by atoms with van der Waals surface area (Å²) < 4.78 is 51.9. The van der Waals surface area contributed by atoms with Gasteiger partial charge in [-0.05, 0) is 194 Å². The van der Waals surface area contributed by atoms with Gasteiger partial charge in [0, 0.05) is 82.4 Å². The lowest BCUT2D eigenvalue weighted by molar-refractivity contribution is -0.274. The SMILES string of the molecule is COc1ccc(-c2cccc(C(=O)Nc3ccc(Cn4ccc(=O)[nH]c4=O)cc3)c2)cc1Cl.O=C(Cc1cccc(-c2ccc(Cl)c(Cl)c2)c1)Nc1cccc(-n2ccc(=O)[nH]c2=O)c1.O=C(Cc1cccc(-c2cccc(Cl)c2)c1)Nc1cccc(-n2ccc(=O)[nH]c2=O)c1.O=C(Cc1cccc(-c2cccc(OC(F)(F)F)c2)c1)Nc1cccc(-n2ccc(=O)[nH]c2=O)c1. The summed E-state index contributed by atoms with van der Waals surface area (Å²) in [6.07, 6.45) is 1.13. The van der Waals surface area contributed by atoms with Gasteiger partial charge in [0.2, 0.25) is 17.7 Å². The van der Waals surface area contributed by atoms with Gasteiger partial charge in [0.15, 0.2) is 0 Å². The molecule has 12 aromatic carbocycles. The Hall–Kier alpha value is -16.2. The average Bonchev–Trinajstić information content (AvgIpc) is 0.848. The summed E-state index contributed by atoms with van der Waals surface area (Å²) in [7, 11) is 1.56. The molecule has 0 aliphatic carbocycles. The maximum Gasteiger partial charge on any atom is 0.573 e. The molecule has 4 amide bonds. The number of carbonyl (C=O) groups excluding carboxylic acids is 4. The number of carbonyl (C=O) groups is 4. The number of amides is 4. The highest BCUT2D eigenvalue weighted by molar-refractivity contribution is 6.42. The summed E-state index contributed by atoms with van der Waals surface area (Å²) in [5.41, 5.74) is 9.91. The molecular formula is C98H73Cl4F3N12O14. The minimum Gasteiger partial charge on any atom is -0.495 e. The third kappa shape index (κ3) is 26.2. The Balaban J connectivity index is 0.000000149. The van der Waals surface area contributed by atoms with E-state index >= 15 is 0 Å². The zero-order valence-corrected chi connectivity index (χ0v) is 71.7. The molecule has 0 saturated carbocycles. The van der Waals surface area contributed by atoms with E-state index in [2.05, 4.69) is 45.9 Å². The summed E-state index contributed by atoms with van der Waals surface area (Å²) in [5.74, 6) is -0.720. The third-order valence-electron chi connectivity index (χ3n) is 19.5. The molecule has 16 rings (SSSR count). The summed E-state index contributed by atoms with van der Waals surface area (Å²) in [4.78, 5) is 152. The van der Waals surface area contributed by atoms with E-state index in [9.17, 15) is 70.7 Å². The van der Waals surface area contributed by atoms with Crippen LogP contribution < -0.4 is 75.7 Å². The van der Waals surface area contributed by atoms with Gasteiger partial charge in [-0.1, -0.05) is 198 Å². The summed E-state index contributed by atoms with van der Waals surface area (Å²) in [6, 6.07) is 85.8. The first-order valence-corrected chi connectivity index (χ1v) is 41.1. The van der Waals surface area contributed by atoms with Crippen LogP contribution in [0.4, 0.5) is 35.9 Å². The summed E-state index contributed by atoms with van der Waals surface area (Å²) in [5, 5.41) is 13.4. The lowest BCUT2D eigenvalue weighted by Gasteiger charge is -2.11. The van der Waals surface area contributed by atoms with Crippen LogP contribution in [-0.2, 0) is 40.2 Å². The second-order valence-electron chi connectivity index (χ2n) is 28.9. The number of methoxy groups -OCH3 is 1. The maximum absolute atomic E-state index is 12.8. The van der Waals surface area contributed by atoms with Crippen LogP contribution >= 0.6 is 46.4 Å². The fraction of sp³-hybridized carbons (Fsp3) is 0.0612. The van der Waals surface area contributed by atoms with Gasteiger partial charge in [-0.3, -0.25) is 76.6 Å². The average molecular weight is 1840 g/mol. The van der Waals surface area contributed by atoms with E-state index in [0.717, 1.165) is 50.1 Å². The van der Waals surface area contributed by atoms with Crippen molar-refractivity contribution in [2.75, 3.05) is 28.4 Å². The lowest BCUT2D eigenvalue weighted by Crippen LogP contribution is -2.28. The number of benzene rings is 12. The molecule has 8 N–H and O–H groups in total. The monoisotopic (exact) mass is 1840 g/mol. The van der Waals surface area contributed by atoms with Gasteiger partial charge in [-0.25, -0.2) is 19.2 Å². The first-order chi connectivity index (χ1) is 62.9. The van der Waals surface area contributed by atoms with Crippen molar-refractivity contribution in [3.05, 3.63) is 459 Å². The molecule has 4 heterocycles. The van der Waals surface area contributed by atoms with Gasteiger partial charge in [-0.2, -0.15) is 0 Å². The number of anilines is 4.